The maximum absolute atomic E-state index is 5.14. The average molecular weight is 317 g/mol. The van der Waals surface area contributed by atoms with E-state index in [1.807, 2.05) is 7.05 Å². The van der Waals surface area contributed by atoms with Crippen molar-refractivity contribution in [3.05, 3.63) is 35.4 Å². The summed E-state index contributed by atoms with van der Waals surface area (Å²) in [5.41, 5.74) is 2.92. The second kappa shape index (κ2) is 8.92. The van der Waals surface area contributed by atoms with Crippen molar-refractivity contribution in [3.8, 4) is 0 Å². The van der Waals surface area contributed by atoms with Gasteiger partial charge in [-0.3, -0.25) is 4.99 Å². The molecule has 0 unspecified atom stereocenters. The van der Waals surface area contributed by atoms with Crippen LogP contribution in [0.25, 0.3) is 0 Å². The van der Waals surface area contributed by atoms with Gasteiger partial charge in [0.05, 0.1) is 6.61 Å². The van der Waals surface area contributed by atoms with E-state index in [0.29, 0.717) is 12.0 Å². The molecule has 2 N–H and O–H groups in total. The Kier molecular flexibility index (Phi) is 6.90. The molecule has 23 heavy (non-hydrogen) atoms. The van der Waals surface area contributed by atoms with Crippen LogP contribution in [0.3, 0.4) is 0 Å². The Bertz CT molecular complexity index is 490. The maximum atomic E-state index is 5.14. The summed E-state index contributed by atoms with van der Waals surface area (Å²) in [6, 6.07) is 8.50. The zero-order valence-electron chi connectivity index (χ0n) is 14.8. The molecule has 0 amide bonds. The van der Waals surface area contributed by atoms with Crippen molar-refractivity contribution < 1.29 is 4.74 Å². The van der Waals surface area contributed by atoms with Gasteiger partial charge in [0.15, 0.2) is 5.96 Å². The van der Waals surface area contributed by atoms with Crippen molar-refractivity contribution in [1.29, 1.82) is 0 Å². The van der Waals surface area contributed by atoms with Gasteiger partial charge in [-0.25, -0.2) is 0 Å². The summed E-state index contributed by atoms with van der Waals surface area (Å²) in [6.07, 6.45) is 6.67. The van der Waals surface area contributed by atoms with E-state index in [1.165, 1.54) is 43.2 Å². The fourth-order valence-electron chi connectivity index (χ4n) is 3.38. The van der Waals surface area contributed by atoms with Gasteiger partial charge in [-0.05, 0) is 35.8 Å². The summed E-state index contributed by atoms with van der Waals surface area (Å²) in [6.45, 7) is 4.78. The van der Waals surface area contributed by atoms with E-state index in [2.05, 4.69) is 46.8 Å². The van der Waals surface area contributed by atoms with Gasteiger partial charge >= 0.3 is 0 Å². The van der Waals surface area contributed by atoms with E-state index < -0.39 is 0 Å². The number of rotatable bonds is 7. The normalized spacial score (nSPS) is 17.3. The van der Waals surface area contributed by atoms with Gasteiger partial charge in [0, 0.05) is 27.2 Å². The summed E-state index contributed by atoms with van der Waals surface area (Å²) in [5.74, 6) is 0.894. The molecule has 0 saturated heterocycles. The number of nitrogens with zero attached hydrogens (tertiary/aromatic N) is 1. The van der Waals surface area contributed by atoms with Gasteiger partial charge in [-0.2, -0.15) is 0 Å². The highest BCUT2D eigenvalue weighted by atomic mass is 16.5. The molecular weight excluding hydrogens is 286 g/mol. The molecule has 0 heterocycles. The number of guanidine groups is 1. The Morgan fingerprint density at radius 3 is 2.35 bits per heavy atom. The molecule has 1 aromatic carbocycles. The molecule has 4 heteroatoms. The lowest BCUT2D eigenvalue weighted by Crippen LogP contribution is -2.42. The van der Waals surface area contributed by atoms with Crippen LogP contribution in [0.4, 0.5) is 0 Å². The number of nitrogens with one attached hydrogen (secondary N) is 2. The number of aliphatic imine (C=N–C) groups is 1. The van der Waals surface area contributed by atoms with E-state index in [0.717, 1.165) is 19.0 Å². The highest BCUT2D eigenvalue weighted by Crippen LogP contribution is 2.40. The molecular formula is C19H31N3O. The molecule has 1 saturated carbocycles. The van der Waals surface area contributed by atoms with Crippen molar-refractivity contribution in [1.82, 2.24) is 10.6 Å². The zero-order valence-corrected chi connectivity index (χ0v) is 14.8. The predicted molar refractivity (Wildman–Crippen MR) is 96.5 cm³/mol. The zero-order chi connectivity index (χ0) is 16.5. The average Bonchev–Trinajstić information content (AvgIpc) is 3.06. The molecule has 0 aromatic heterocycles. The topological polar surface area (TPSA) is 45.7 Å². The van der Waals surface area contributed by atoms with Gasteiger partial charge in [-0.15, -0.1) is 0 Å². The van der Waals surface area contributed by atoms with E-state index in [9.17, 15) is 0 Å². The molecule has 0 spiro atoms. The van der Waals surface area contributed by atoms with E-state index in [-0.39, 0.29) is 0 Å². The Morgan fingerprint density at radius 2 is 1.78 bits per heavy atom. The molecule has 1 aliphatic carbocycles. The van der Waals surface area contributed by atoms with Crippen LogP contribution in [0.15, 0.2) is 29.3 Å². The molecule has 0 atom stereocenters. The van der Waals surface area contributed by atoms with Crippen LogP contribution < -0.4 is 10.6 Å². The fraction of sp³-hybridized carbons (Fsp3) is 0.632. The first-order valence-electron chi connectivity index (χ1n) is 8.72. The van der Waals surface area contributed by atoms with Gasteiger partial charge in [0.2, 0.25) is 0 Å². The van der Waals surface area contributed by atoms with Crippen LogP contribution in [0.5, 0.6) is 0 Å². The largest absolute Gasteiger partial charge is 0.380 e. The summed E-state index contributed by atoms with van der Waals surface area (Å²) >= 11 is 0. The third kappa shape index (κ3) is 5.24. The Labute approximate surface area is 140 Å². The van der Waals surface area contributed by atoms with Gasteiger partial charge < -0.3 is 15.4 Å². The molecule has 1 fully saturated rings. The van der Waals surface area contributed by atoms with E-state index in [4.69, 9.17) is 4.74 Å². The molecule has 0 radical (unpaired) electrons. The summed E-state index contributed by atoms with van der Waals surface area (Å²) < 4.78 is 5.14. The third-order valence-electron chi connectivity index (χ3n) is 5.06. The van der Waals surface area contributed by atoms with Gasteiger partial charge in [0.1, 0.15) is 0 Å². The minimum absolute atomic E-state index is 0.472. The van der Waals surface area contributed by atoms with Crippen LogP contribution in [0.1, 0.15) is 50.2 Å². The van der Waals surface area contributed by atoms with Crippen molar-refractivity contribution in [2.75, 3.05) is 20.7 Å². The van der Waals surface area contributed by atoms with E-state index in [1.54, 1.807) is 7.11 Å². The predicted octanol–water partition coefficient (Wildman–Crippen LogP) is 3.47. The van der Waals surface area contributed by atoms with Gasteiger partial charge in [0.25, 0.3) is 0 Å². The summed E-state index contributed by atoms with van der Waals surface area (Å²) in [7, 11) is 3.56. The first-order valence-corrected chi connectivity index (χ1v) is 8.72. The Balaban J connectivity index is 1.80. The molecule has 0 bridgehead atoms. The number of hydrogen-bond donors (Lipinski definition) is 2. The van der Waals surface area contributed by atoms with Crippen LogP contribution in [-0.4, -0.2) is 26.7 Å². The lowest BCUT2D eigenvalue weighted by atomic mass is 9.83. The van der Waals surface area contributed by atoms with Crippen LogP contribution in [-0.2, 0) is 17.9 Å². The molecule has 1 aromatic rings. The monoisotopic (exact) mass is 317 g/mol. The molecule has 2 rings (SSSR count). The number of hydrogen-bond acceptors (Lipinski definition) is 2. The number of methoxy groups -OCH3 is 1. The van der Waals surface area contributed by atoms with Crippen LogP contribution in [0, 0.1) is 5.41 Å². The highest BCUT2D eigenvalue weighted by molar-refractivity contribution is 5.79. The van der Waals surface area contributed by atoms with Crippen LogP contribution >= 0.6 is 0 Å². The Hall–Kier alpha value is -1.55. The standard InChI is InChI=1S/C19H31N3O/c1-4-19(11-5-6-12-19)15-22-18(20-2)21-13-16-7-9-17(10-8-16)14-23-3/h7-10H,4-6,11-15H2,1-3H3,(H2,20,21,22). The van der Waals surface area contributed by atoms with E-state index >= 15 is 0 Å². The lowest BCUT2D eigenvalue weighted by Gasteiger charge is -2.28. The highest BCUT2D eigenvalue weighted by Gasteiger charge is 2.31. The van der Waals surface area contributed by atoms with Crippen LogP contribution in [0.2, 0.25) is 0 Å². The third-order valence-corrected chi connectivity index (χ3v) is 5.06. The number of benzene rings is 1. The van der Waals surface area contributed by atoms with Crippen molar-refractivity contribution in [2.45, 2.75) is 52.2 Å². The minimum atomic E-state index is 0.472. The molecule has 0 aliphatic heterocycles. The SMILES string of the molecule is CCC1(CNC(=NC)NCc2ccc(COC)cc2)CCCC1. The van der Waals surface area contributed by atoms with Crippen molar-refractivity contribution in [2.24, 2.45) is 10.4 Å². The second-order valence-corrected chi connectivity index (χ2v) is 6.59. The quantitative estimate of drug-likeness (QED) is 0.598. The first-order chi connectivity index (χ1) is 11.2. The summed E-state index contributed by atoms with van der Waals surface area (Å²) in [5, 5.41) is 6.93. The molecule has 128 valence electrons. The fourth-order valence-corrected chi connectivity index (χ4v) is 3.38. The first kappa shape index (κ1) is 17.8. The smallest absolute Gasteiger partial charge is 0.191 e. The van der Waals surface area contributed by atoms with Crippen molar-refractivity contribution in [3.63, 3.8) is 0 Å². The molecule has 4 nitrogen and oxygen atoms in total. The second-order valence-electron chi connectivity index (χ2n) is 6.59. The van der Waals surface area contributed by atoms with Gasteiger partial charge in [-0.1, -0.05) is 44.0 Å². The maximum Gasteiger partial charge on any atom is 0.191 e. The molecule has 1 aliphatic rings. The minimum Gasteiger partial charge on any atom is -0.380 e. The Morgan fingerprint density at radius 1 is 1.13 bits per heavy atom. The lowest BCUT2D eigenvalue weighted by molar-refractivity contribution is 0.185. The number of ether oxygens (including phenoxy) is 1. The summed E-state index contributed by atoms with van der Waals surface area (Å²) in [4.78, 5) is 4.35. The van der Waals surface area contributed by atoms with Crippen molar-refractivity contribution >= 4 is 5.96 Å².